The Labute approximate surface area is 164 Å². The molecule has 2 aliphatic rings. The van der Waals surface area contributed by atoms with Crippen LogP contribution in [0.5, 0.6) is 0 Å². The fourth-order valence-corrected chi connectivity index (χ4v) is 5.64. The second kappa shape index (κ2) is 6.77. The van der Waals surface area contributed by atoms with E-state index in [0.717, 1.165) is 56.3 Å². The molecule has 0 saturated carbocycles. The number of rotatable bonds is 3. The van der Waals surface area contributed by atoms with Crippen LogP contribution in [-0.2, 0) is 12.0 Å². The molecule has 0 atom stereocenters. The van der Waals surface area contributed by atoms with Crippen molar-refractivity contribution in [1.82, 2.24) is 19.9 Å². The van der Waals surface area contributed by atoms with Crippen molar-refractivity contribution in [2.24, 2.45) is 0 Å². The number of likely N-dealkylation sites (N-methyl/N-ethyl adjacent to an activating group) is 1. The molecule has 4 heterocycles. The molecule has 2 aliphatic heterocycles. The zero-order valence-corrected chi connectivity index (χ0v) is 16.5. The average molecular weight is 380 g/mol. The number of thiazole rings is 1. The van der Waals surface area contributed by atoms with Crippen molar-refractivity contribution in [2.45, 2.75) is 31.7 Å². The van der Waals surface area contributed by atoms with Gasteiger partial charge in [-0.25, -0.2) is 9.97 Å². The normalized spacial score (nSPS) is 19.4. The summed E-state index contributed by atoms with van der Waals surface area (Å²) in [5.41, 5.74) is 5.00. The zero-order valence-electron chi connectivity index (χ0n) is 15.7. The van der Waals surface area contributed by atoms with E-state index in [9.17, 15) is 0 Å². The Balaban J connectivity index is 1.37. The topological polar surface area (TPSA) is 48.1 Å². The third kappa shape index (κ3) is 2.78. The number of nitrogens with zero attached hydrogens (tertiary/aromatic N) is 4. The third-order valence-corrected chi connectivity index (χ3v) is 7.10. The molecule has 0 unspecified atom stereocenters. The summed E-state index contributed by atoms with van der Waals surface area (Å²) in [5.74, 6) is 0. The lowest BCUT2D eigenvalue weighted by Crippen LogP contribution is -2.56. The standard InChI is InChI=1S/C21H25N5S/c1-2-26-11-8-17-19(23-15-22-17)21(26)9-12-25(13-10-21)20-24-18(14-27-20)16-6-4-3-5-7-16/h3-7,14-15H,2,8-13H2,1H3,(H,22,23). The van der Waals surface area contributed by atoms with Crippen molar-refractivity contribution >= 4 is 16.5 Å². The minimum atomic E-state index is 0.0956. The molecule has 0 radical (unpaired) electrons. The van der Waals surface area contributed by atoms with Crippen LogP contribution >= 0.6 is 11.3 Å². The number of hydrogen-bond acceptors (Lipinski definition) is 5. The predicted octanol–water partition coefficient (Wildman–Crippen LogP) is 3.91. The Morgan fingerprint density at radius 3 is 2.74 bits per heavy atom. The molecular weight excluding hydrogens is 354 g/mol. The number of piperidine rings is 1. The first-order chi connectivity index (χ1) is 13.3. The maximum Gasteiger partial charge on any atom is 0.185 e. The summed E-state index contributed by atoms with van der Waals surface area (Å²) in [7, 11) is 0. The van der Waals surface area contributed by atoms with Crippen LogP contribution in [0.3, 0.4) is 0 Å². The van der Waals surface area contributed by atoms with Gasteiger partial charge in [-0.15, -0.1) is 11.3 Å². The van der Waals surface area contributed by atoms with Gasteiger partial charge in [-0.1, -0.05) is 37.3 Å². The monoisotopic (exact) mass is 379 g/mol. The Morgan fingerprint density at radius 2 is 1.96 bits per heavy atom. The quantitative estimate of drug-likeness (QED) is 0.750. The number of H-pyrrole nitrogens is 1. The molecule has 5 rings (SSSR count). The van der Waals surface area contributed by atoms with E-state index in [0.29, 0.717) is 0 Å². The summed E-state index contributed by atoms with van der Waals surface area (Å²) in [4.78, 5) is 18.1. The van der Waals surface area contributed by atoms with Crippen molar-refractivity contribution in [3.8, 4) is 11.3 Å². The second-order valence-corrected chi connectivity index (χ2v) is 8.30. The van der Waals surface area contributed by atoms with E-state index in [1.54, 1.807) is 11.3 Å². The fourth-order valence-electron chi connectivity index (χ4n) is 4.76. The summed E-state index contributed by atoms with van der Waals surface area (Å²) in [6, 6.07) is 10.5. The highest BCUT2D eigenvalue weighted by Crippen LogP contribution is 2.43. The summed E-state index contributed by atoms with van der Waals surface area (Å²) in [6.45, 7) is 6.55. The Hall–Kier alpha value is -2.18. The molecule has 1 N–H and O–H groups in total. The molecule has 5 nitrogen and oxygen atoms in total. The van der Waals surface area contributed by atoms with E-state index < -0.39 is 0 Å². The molecule has 1 aromatic carbocycles. The average Bonchev–Trinajstić information content (AvgIpc) is 3.40. The van der Waals surface area contributed by atoms with Crippen molar-refractivity contribution < 1.29 is 0 Å². The van der Waals surface area contributed by atoms with E-state index in [2.05, 4.69) is 51.4 Å². The Kier molecular flexibility index (Phi) is 4.25. The molecule has 27 heavy (non-hydrogen) atoms. The number of fused-ring (bicyclic) bond motifs is 2. The van der Waals surface area contributed by atoms with Crippen LogP contribution < -0.4 is 4.90 Å². The molecule has 0 amide bonds. The van der Waals surface area contributed by atoms with E-state index in [1.807, 2.05) is 12.4 Å². The largest absolute Gasteiger partial charge is 0.348 e. The Bertz CT molecular complexity index is 908. The van der Waals surface area contributed by atoms with Gasteiger partial charge in [-0.05, 0) is 19.4 Å². The van der Waals surface area contributed by atoms with Gasteiger partial charge >= 0.3 is 0 Å². The summed E-state index contributed by atoms with van der Waals surface area (Å²) >= 11 is 1.76. The lowest BCUT2D eigenvalue weighted by Gasteiger charge is -2.50. The summed E-state index contributed by atoms with van der Waals surface area (Å²) in [6.07, 6.45) is 5.18. The van der Waals surface area contributed by atoms with Crippen molar-refractivity contribution in [3.63, 3.8) is 0 Å². The van der Waals surface area contributed by atoms with Gasteiger partial charge in [-0.2, -0.15) is 0 Å². The van der Waals surface area contributed by atoms with E-state index in [-0.39, 0.29) is 5.54 Å². The smallest absolute Gasteiger partial charge is 0.185 e. The molecule has 6 heteroatoms. The highest BCUT2D eigenvalue weighted by atomic mass is 32.1. The van der Waals surface area contributed by atoms with Gasteiger partial charge in [0.05, 0.1) is 23.3 Å². The van der Waals surface area contributed by atoms with E-state index in [1.165, 1.54) is 17.0 Å². The molecule has 140 valence electrons. The van der Waals surface area contributed by atoms with E-state index in [4.69, 9.17) is 9.97 Å². The summed E-state index contributed by atoms with van der Waals surface area (Å²) in [5, 5.41) is 3.32. The van der Waals surface area contributed by atoms with Gasteiger partial charge in [0.2, 0.25) is 0 Å². The third-order valence-electron chi connectivity index (χ3n) is 6.20. The van der Waals surface area contributed by atoms with Crippen molar-refractivity contribution in [2.75, 3.05) is 31.1 Å². The van der Waals surface area contributed by atoms with Gasteiger partial charge in [0.15, 0.2) is 5.13 Å². The van der Waals surface area contributed by atoms with Gasteiger partial charge in [0.25, 0.3) is 0 Å². The minimum absolute atomic E-state index is 0.0956. The number of anilines is 1. The van der Waals surface area contributed by atoms with Gasteiger partial charge in [0.1, 0.15) is 0 Å². The highest BCUT2D eigenvalue weighted by Gasteiger charge is 2.46. The lowest BCUT2D eigenvalue weighted by atomic mass is 9.79. The lowest BCUT2D eigenvalue weighted by molar-refractivity contribution is 0.0497. The van der Waals surface area contributed by atoms with Gasteiger partial charge < -0.3 is 9.88 Å². The number of aromatic amines is 1. The SMILES string of the molecule is CCN1CCc2[nH]cnc2C12CCN(c1nc(-c3ccccc3)cs1)CC2. The van der Waals surface area contributed by atoms with Crippen LogP contribution in [0.25, 0.3) is 11.3 Å². The molecule has 0 aliphatic carbocycles. The molecule has 0 bridgehead atoms. The Morgan fingerprint density at radius 1 is 1.15 bits per heavy atom. The number of aromatic nitrogens is 3. The van der Waals surface area contributed by atoms with Crippen LogP contribution in [0.4, 0.5) is 5.13 Å². The molecule has 1 spiro atoms. The fraction of sp³-hybridized carbons (Fsp3) is 0.429. The van der Waals surface area contributed by atoms with Crippen LogP contribution in [0.1, 0.15) is 31.2 Å². The number of nitrogens with one attached hydrogen (secondary N) is 1. The van der Waals surface area contributed by atoms with Gasteiger partial charge in [-0.3, -0.25) is 4.90 Å². The van der Waals surface area contributed by atoms with Crippen LogP contribution in [-0.4, -0.2) is 46.0 Å². The maximum absolute atomic E-state index is 4.92. The van der Waals surface area contributed by atoms with E-state index >= 15 is 0 Å². The molecule has 3 aromatic rings. The number of hydrogen-bond donors (Lipinski definition) is 1. The molecule has 1 fully saturated rings. The first-order valence-corrected chi connectivity index (χ1v) is 10.7. The van der Waals surface area contributed by atoms with Crippen LogP contribution in [0.15, 0.2) is 42.0 Å². The number of benzene rings is 1. The van der Waals surface area contributed by atoms with Crippen LogP contribution in [0, 0.1) is 0 Å². The zero-order chi connectivity index (χ0) is 18.3. The first kappa shape index (κ1) is 17.0. The molecule has 1 saturated heterocycles. The van der Waals surface area contributed by atoms with Crippen LogP contribution in [0.2, 0.25) is 0 Å². The summed E-state index contributed by atoms with van der Waals surface area (Å²) < 4.78 is 0. The highest BCUT2D eigenvalue weighted by molar-refractivity contribution is 7.14. The second-order valence-electron chi connectivity index (χ2n) is 7.46. The van der Waals surface area contributed by atoms with Crippen molar-refractivity contribution in [3.05, 3.63) is 53.4 Å². The maximum atomic E-state index is 4.92. The predicted molar refractivity (Wildman–Crippen MR) is 110 cm³/mol. The van der Waals surface area contributed by atoms with Crippen molar-refractivity contribution in [1.29, 1.82) is 0 Å². The molecule has 2 aromatic heterocycles. The first-order valence-electron chi connectivity index (χ1n) is 9.84. The number of imidazole rings is 1. The van der Waals surface area contributed by atoms with Gasteiger partial charge in [0, 0.05) is 42.7 Å². The minimum Gasteiger partial charge on any atom is -0.348 e. The molecular formula is C21H25N5S.